The molecule has 0 radical (unpaired) electrons. The number of sulfonamides is 1. The number of hydrogen-bond donors (Lipinski definition) is 2. The zero-order valence-corrected chi connectivity index (χ0v) is 14.6. The normalized spacial score (nSPS) is 11.0. The Kier molecular flexibility index (Phi) is 5.03. The van der Waals surface area contributed by atoms with Gasteiger partial charge in [0.15, 0.2) is 0 Å². The summed E-state index contributed by atoms with van der Waals surface area (Å²) < 4.78 is 26.6. The molecule has 6 heteroatoms. The first-order chi connectivity index (χ1) is 12.5. The van der Waals surface area contributed by atoms with E-state index in [4.69, 9.17) is 6.42 Å². The van der Waals surface area contributed by atoms with Crippen molar-refractivity contribution in [3.05, 3.63) is 72.3 Å². The van der Waals surface area contributed by atoms with E-state index in [9.17, 15) is 13.2 Å². The van der Waals surface area contributed by atoms with E-state index in [2.05, 4.69) is 16.0 Å². The summed E-state index contributed by atoms with van der Waals surface area (Å²) >= 11 is 0. The lowest BCUT2D eigenvalue weighted by molar-refractivity contribution is 0.102. The highest BCUT2D eigenvalue weighted by Crippen LogP contribution is 2.23. The van der Waals surface area contributed by atoms with Crippen LogP contribution in [-0.4, -0.2) is 20.9 Å². The Morgan fingerprint density at radius 2 is 1.73 bits per heavy atom. The first-order valence-corrected chi connectivity index (χ1v) is 9.32. The molecule has 1 amide bonds. The van der Waals surface area contributed by atoms with Gasteiger partial charge < -0.3 is 5.32 Å². The van der Waals surface area contributed by atoms with E-state index in [1.165, 1.54) is 18.2 Å². The number of carbonyl (C=O) groups excluding carboxylic acids is 1. The molecule has 5 nitrogen and oxygen atoms in total. The summed E-state index contributed by atoms with van der Waals surface area (Å²) in [5.74, 6) is 1.82. The van der Waals surface area contributed by atoms with E-state index in [0.717, 1.165) is 10.8 Å². The van der Waals surface area contributed by atoms with Crippen molar-refractivity contribution in [3.63, 3.8) is 0 Å². The van der Waals surface area contributed by atoms with E-state index >= 15 is 0 Å². The molecule has 0 aromatic heterocycles. The zero-order chi connectivity index (χ0) is 18.6. The smallest absolute Gasteiger partial charge is 0.255 e. The molecule has 0 unspecified atom stereocenters. The maximum atomic E-state index is 12.6. The van der Waals surface area contributed by atoms with Gasteiger partial charge in [0.05, 0.1) is 11.4 Å². The van der Waals surface area contributed by atoms with Crippen molar-refractivity contribution in [1.29, 1.82) is 0 Å². The van der Waals surface area contributed by atoms with Crippen LogP contribution in [0.3, 0.4) is 0 Å². The van der Waals surface area contributed by atoms with Crippen molar-refractivity contribution < 1.29 is 13.2 Å². The quantitative estimate of drug-likeness (QED) is 0.684. The van der Waals surface area contributed by atoms with Crippen LogP contribution in [-0.2, 0) is 10.0 Å². The maximum absolute atomic E-state index is 12.6. The van der Waals surface area contributed by atoms with E-state index in [0.29, 0.717) is 5.69 Å². The van der Waals surface area contributed by atoms with E-state index in [-0.39, 0.29) is 17.0 Å². The maximum Gasteiger partial charge on any atom is 0.255 e. The number of fused-ring (bicyclic) bond motifs is 1. The van der Waals surface area contributed by atoms with Crippen molar-refractivity contribution >= 4 is 32.4 Å². The van der Waals surface area contributed by atoms with Gasteiger partial charge in [-0.1, -0.05) is 48.4 Å². The second kappa shape index (κ2) is 7.40. The second-order valence-electron chi connectivity index (χ2n) is 5.54. The molecule has 0 aliphatic heterocycles. The van der Waals surface area contributed by atoms with Gasteiger partial charge in [0, 0.05) is 16.6 Å². The fourth-order valence-corrected chi connectivity index (χ4v) is 3.53. The van der Waals surface area contributed by atoms with Gasteiger partial charge in [-0.15, -0.1) is 6.42 Å². The van der Waals surface area contributed by atoms with Crippen LogP contribution in [0.4, 0.5) is 5.69 Å². The predicted molar refractivity (Wildman–Crippen MR) is 102 cm³/mol. The van der Waals surface area contributed by atoms with Crippen LogP contribution in [0.5, 0.6) is 0 Å². The molecule has 2 N–H and O–H groups in total. The Bertz CT molecular complexity index is 1110. The van der Waals surface area contributed by atoms with Crippen LogP contribution < -0.4 is 10.0 Å². The summed E-state index contributed by atoms with van der Waals surface area (Å²) in [7, 11) is -3.76. The third-order valence-corrected chi connectivity index (χ3v) is 5.21. The van der Waals surface area contributed by atoms with Crippen molar-refractivity contribution in [1.82, 2.24) is 4.72 Å². The van der Waals surface area contributed by atoms with E-state index < -0.39 is 15.9 Å². The highest BCUT2D eigenvalue weighted by Gasteiger charge is 2.16. The Hall–Kier alpha value is -3.14. The third kappa shape index (κ3) is 3.75. The van der Waals surface area contributed by atoms with Gasteiger partial charge in [-0.3, -0.25) is 4.79 Å². The molecule has 0 aliphatic rings. The van der Waals surface area contributed by atoms with E-state index in [1.807, 2.05) is 36.4 Å². The summed E-state index contributed by atoms with van der Waals surface area (Å²) in [6.45, 7) is -0.116. The molecule has 0 atom stereocenters. The van der Waals surface area contributed by atoms with Crippen LogP contribution in [0.15, 0.2) is 71.6 Å². The summed E-state index contributed by atoms with van der Waals surface area (Å²) in [4.78, 5) is 12.6. The Morgan fingerprint density at radius 1 is 1.00 bits per heavy atom. The first-order valence-electron chi connectivity index (χ1n) is 7.83. The molecule has 0 heterocycles. The number of amides is 1. The molecule has 0 saturated heterocycles. The minimum Gasteiger partial charge on any atom is -0.321 e. The lowest BCUT2D eigenvalue weighted by Gasteiger charge is -2.10. The highest BCUT2D eigenvalue weighted by atomic mass is 32.2. The highest BCUT2D eigenvalue weighted by molar-refractivity contribution is 7.89. The van der Waals surface area contributed by atoms with Gasteiger partial charge >= 0.3 is 0 Å². The van der Waals surface area contributed by atoms with Crippen molar-refractivity contribution in [2.45, 2.75) is 4.90 Å². The first kappa shape index (κ1) is 17.7. The number of anilines is 1. The number of nitrogens with one attached hydrogen (secondary N) is 2. The van der Waals surface area contributed by atoms with Crippen molar-refractivity contribution in [2.24, 2.45) is 0 Å². The van der Waals surface area contributed by atoms with Crippen LogP contribution in [0.2, 0.25) is 0 Å². The Labute approximate surface area is 152 Å². The van der Waals surface area contributed by atoms with Crippen LogP contribution in [0.25, 0.3) is 10.8 Å². The molecular formula is C20H16N2O3S. The lowest BCUT2D eigenvalue weighted by Crippen LogP contribution is -2.24. The Morgan fingerprint density at radius 3 is 2.54 bits per heavy atom. The molecule has 0 saturated carbocycles. The average molecular weight is 364 g/mol. The number of hydrogen-bond acceptors (Lipinski definition) is 3. The summed E-state index contributed by atoms with van der Waals surface area (Å²) in [5, 5.41) is 4.74. The van der Waals surface area contributed by atoms with Gasteiger partial charge in [0.2, 0.25) is 10.0 Å². The summed E-state index contributed by atoms with van der Waals surface area (Å²) in [6.07, 6.45) is 5.08. The van der Waals surface area contributed by atoms with Crippen molar-refractivity contribution in [2.75, 3.05) is 11.9 Å². The SMILES string of the molecule is C#CCNS(=O)(=O)c1cccc(C(=O)Nc2cccc3ccccc23)c1. The fourth-order valence-electron chi connectivity index (χ4n) is 2.55. The van der Waals surface area contributed by atoms with Crippen LogP contribution >= 0.6 is 0 Å². The molecule has 26 heavy (non-hydrogen) atoms. The molecule has 0 aliphatic carbocycles. The average Bonchev–Trinajstić information content (AvgIpc) is 2.67. The number of benzene rings is 3. The molecular weight excluding hydrogens is 348 g/mol. The van der Waals surface area contributed by atoms with Gasteiger partial charge in [0.25, 0.3) is 5.91 Å². The minimum atomic E-state index is -3.76. The number of rotatable bonds is 5. The topological polar surface area (TPSA) is 75.3 Å². The standard InChI is InChI=1S/C20H16N2O3S/c1-2-13-21-26(24,25)17-10-5-9-16(14-17)20(23)22-19-12-6-8-15-7-3-4-11-18(15)19/h1,3-12,14,21H,13H2,(H,22,23). The van der Waals surface area contributed by atoms with Crippen LogP contribution in [0.1, 0.15) is 10.4 Å². The summed E-state index contributed by atoms with van der Waals surface area (Å²) in [5.41, 5.74) is 0.897. The molecule has 3 rings (SSSR count). The molecule has 3 aromatic carbocycles. The molecule has 0 spiro atoms. The van der Waals surface area contributed by atoms with Crippen molar-refractivity contribution in [3.8, 4) is 12.3 Å². The monoisotopic (exact) mass is 364 g/mol. The zero-order valence-electron chi connectivity index (χ0n) is 13.8. The lowest BCUT2D eigenvalue weighted by atomic mass is 10.1. The van der Waals surface area contributed by atoms with Gasteiger partial charge in [-0.2, -0.15) is 4.72 Å². The predicted octanol–water partition coefficient (Wildman–Crippen LogP) is 3.00. The summed E-state index contributed by atoms with van der Waals surface area (Å²) in [6, 6.07) is 19.1. The molecule has 130 valence electrons. The molecule has 0 bridgehead atoms. The molecule has 0 fully saturated rings. The largest absolute Gasteiger partial charge is 0.321 e. The van der Waals surface area contributed by atoms with Gasteiger partial charge in [-0.05, 0) is 29.7 Å². The Balaban J connectivity index is 1.89. The van der Waals surface area contributed by atoms with Gasteiger partial charge in [0.1, 0.15) is 0 Å². The second-order valence-corrected chi connectivity index (χ2v) is 7.30. The fraction of sp³-hybridized carbons (Fsp3) is 0.0500. The number of terminal acetylenes is 1. The van der Waals surface area contributed by atoms with E-state index in [1.54, 1.807) is 12.1 Å². The third-order valence-electron chi connectivity index (χ3n) is 3.81. The molecule has 3 aromatic rings. The van der Waals surface area contributed by atoms with Crippen LogP contribution in [0, 0.1) is 12.3 Å². The minimum absolute atomic E-state index is 0.0154. The van der Waals surface area contributed by atoms with Gasteiger partial charge in [-0.25, -0.2) is 8.42 Å². The number of carbonyl (C=O) groups is 1.